The standard InChI is InChI=1S/C15H14Cl2N2O5S/c1-23-12-4-2-3-5-13(12)24-9-15(20)18-19-25(21,22)14-8-10(16)6-7-11(14)17/h2-8,19H,9H2,1H3,(H,18,20). The van der Waals surface area contributed by atoms with Crippen LogP contribution < -0.4 is 19.7 Å². The summed E-state index contributed by atoms with van der Waals surface area (Å²) < 4.78 is 34.7. The van der Waals surface area contributed by atoms with Crippen LogP contribution >= 0.6 is 23.2 Å². The van der Waals surface area contributed by atoms with Gasteiger partial charge in [-0.05, 0) is 30.3 Å². The van der Waals surface area contributed by atoms with E-state index in [9.17, 15) is 13.2 Å². The molecule has 2 rings (SSSR count). The molecule has 0 bridgehead atoms. The van der Waals surface area contributed by atoms with Gasteiger partial charge in [-0.1, -0.05) is 35.3 Å². The zero-order valence-corrected chi connectivity index (χ0v) is 15.3. The maximum Gasteiger partial charge on any atom is 0.272 e. The van der Waals surface area contributed by atoms with Crippen LogP contribution in [0.1, 0.15) is 0 Å². The number of nitrogens with one attached hydrogen (secondary N) is 2. The number of sulfonamides is 1. The fourth-order valence-electron chi connectivity index (χ4n) is 1.78. The van der Waals surface area contributed by atoms with Crippen molar-refractivity contribution in [3.05, 3.63) is 52.5 Å². The summed E-state index contributed by atoms with van der Waals surface area (Å²) in [6, 6.07) is 10.7. The van der Waals surface area contributed by atoms with Crippen LogP contribution in [-0.4, -0.2) is 28.0 Å². The zero-order chi connectivity index (χ0) is 18.4. The molecule has 0 atom stereocenters. The average Bonchev–Trinajstić information content (AvgIpc) is 2.60. The molecule has 10 heteroatoms. The Labute approximate surface area is 154 Å². The van der Waals surface area contributed by atoms with Crippen LogP contribution in [0.3, 0.4) is 0 Å². The lowest BCUT2D eigenvalue weighted by molar-refractivity contribution is -0.123. The summed E-state index contributed by atoms with van der Waals surface area (Å²) in [7, 11) is -2.62. The lowest BCUT2D eigenvalue weighted by Crippen LogP contribution is -2.43. The number of amides is 1. The second-order valence-electron chi connectivity index (χ2n) is 4.67. The Balaban J connectivity index is 1.96. The van der Waals surface area contributed by atoms with Crippen LogP contribution in [0.5, 0.6) is 11.5 Å². The van der Waals surface area contributed by atoms with E-state index >= 15 is 0 Å². The van der Waals surface area contributed by atoms with Crippen molar-refractivity contribution in [1.82, 2.24) is 10.3 Å². The van der Waals surface area contributed by atoms with Gasteiger partial charge in [-0.25, -0.2) is 8.42 Å². The highest BCUT2D eigenvalue weighted by Crippen LogP contribution is 2.26. The van der Waals surface area contributed by atoms with Crippen molar-refractivity contribution in [2.45, 2.75) is 4.90 Å². The third kappa shape index (κ3) is 5.23. The first-order chi connectivity index (χ1) is 11.8. The van der Waals surface area contributed by atoms with Crippen molar-refractivity contribution in [2.24, 2.45) is 0 Å². The minimum Gasteiger partial charge on any atom is -0.493 e. The largest absolute Gasteiger partial charge is 0.493 e. The van der Waals surface area contributed by atoms with Gasteiger partial charge in [0.05, 0.1) is 12.1 Å². The molecule has 2 N–H and O–H groups in total. The normalized spacial score (nSPS) is 11.0. The molecule has 0 saturated carbocycles. The number of carbonyl (C=O) groups excluding carboxylic acids is 1. The molecule has 1 amide bonds. The van der Waals surface area contributed by atoms with Gasteiger partial charge in [-0.2, -0.15) is 0 Å². The number of hydrazine groups is 1. The van der Waals surface area contributed by atoms with E-state index in [1.165, 1.54) is 25.3 Å². The predicted octanol–water partition coefficient (Wildman–Crippen LogP) is 2.39. The van der Waals surface area contributed by atoms with Gasteiger partial charge in [-0.15, -0.1) is 4.83 Å². The Hall–Kier alpha value is -2.00. The molecule has 0 saturated heterocycles. The number of hydrogen-bond acceptors (Lipinski definition) is 5. The summed E-state index contributed by atoms with van der Waals surface area (Å²) in [5, 5.41) is 0.159. The summed E-state index contributed by atoms with van der Waals surface area (Å²) in [5.41, 5.74) is 2.03. The fourth-order valence-corrected chi connectivity index (χ4v) is 3.40. The number of halogens is 2. The first-order valence-electron chi connectivity index (χ1n) is 6.85. The Kier molecular flexibility index (Phi) is 6.49. The average molecular weight is 405 g/mol. The van der Waals surface area contributed by atoms with Crippen LogP contribution in [0.25, 0.3) is 0 Å². The highest BCUT2D eigenvalue weighted by Gasteiger charge is 2.19. The van der Waals surface area contributed by atoms with Gasteiger partial charge in [0.1, 0.15) is 4.90 Å². The summed E-state index contributed by atoms with van der Waals surface area (Å²) in [6.07, 6.45) is 0. The van der Waals surface area contributed by atoms with Crippen LogP contribution in [-0.2, 0) is 14.8 Å². The van der Waals surface area contributed by atoms with Gasteiger partial charge in [-0.3, -0.25) is 10.2 Å². The van der Waals surface area contributed by atoms with Gasteiger partial charge in [0.25, 0.3) is 15.9 Å². The molecule has 25 heavy (non-hydrogen) atoms. The van der Waals surface area contributed by atoms with E-state index in [4.69, 9.17) is 32.7 Å². The number of methoxy groups -OCH3 is 1. The van der Waals surface area contributed by atoms with E-state index < -0.39 is 22.5 Å². The molecule has 0 aliphatic carbocycles. The summed E-state index contributed by atoms with van der Waals surface area (Å²) in [6.45, 7) is -0.424. The van der Waals surface area contributed by atoms with Crippen molar-refractivity contribution in [2.75, 3.05) is 13.7 Å². The second-order valence-corrected chi connectivity index (χ2v) is 7.16. The molecule has 0 unspecified atom stereocenters. The summed E-state index contributed by atoms with van der Waals surface area (Å²) in [5.74, 6) is 0.0788. The maximum atomic E-state index is 12.2. The molecule has 0 aliphatic heterocycles. The number of benzene rings is 2. The molecule has 7 nitrogen and oxygen atoms in total. The minimum atomic E-state index is -4.08. The Morgan fingerprint density at radius 1 is 1.12 bits per heavy atom. The van der Waals surface area contributed by atoms with Crippen molar-refractivity contribution >= 4 is 39.1 Å². The van der Waals surface area contributed by atoms with Crippen LogP contribution in [0.15, 0.2) is 47.4 Å². The minimum absolute atomic E-state index is 0.0311. The number of ether oxygens (including phenoxy) is 2. The maximum absolute atomic E-state index is 12.2. The van der Waals surface area contributed by atoms with Crippen LogP contribution in [0.4, 0.5) is 0 Å². The van der Waals surface area contributed by atoms with E-state index in [0.717, 1.165) is 0 Å². The molecular formula is C15H14Cl2N2O5S. The predicted molar refractivity (Wildman–Crippen MR) is 93.4 cm³/mol. The van der Waals surface area contributed by atoms with Crippen molar-refractivity contribution < 1.29 is 22.7 Å². The van der Waals surface area contributed by atoms with Crippen LogP contribution in [0, 0.1) is 0 Å². The first kappa shape index (κ1) is 19.3. The zero-order valence-electron chi connectivity index (χ0n) is 13.0. The molecular weight excluding hydrogens is 391 g/mol. The third-order valence-electron chi connectivity index (χ3n) is 2.94. The number of hydrogen-bond donors (Lipinski definition) is 2. The number of rotatable bonds is 7. The van der Waals surface area contributed by atoms with Gasteiger partial charge < -0.3 is 9.47 Å². The summed E-state index contributed by atoms with van der Waals surface area (Å²) >= 11 is 11.6. The van der Waals surface area contributed by atoms with Gasteiger partial charge in [0.15, 0.2) is 18.1 Å². The molecule has 2 aromatic rings. The smallest absolute Gasteiger partial charge is 0.272 e. The van der Waals surface area contributed by atoms with E-state index in [1.807, 2.05) is 10.3 Å². The SMILES string of the molecule is COc1ccccc1OCC(=O)NNS(=O)(=O)c1cc(Cl)ccc1Cl. The first-order valence-corrected chi connectivity index (χ1v) is 9.09. The lowest BCUT2D eigenvalue weighted by Gasteiger charge is -2.12. The highest BCUT2D eigenvalue weighted by molar-refractivity contribution is 7.89. The third-order valence-corrected chi connectivity index (χ3v) is 4.90. The summed E-state index contributed by atoms with van der Waals surface area (Å²) in [4.78, 5) is 13.5. The van der Waals surface area contributed by atoms with Crippen LogP contribution in [0.2, 0.25) is 10.0 Å². The number of carbonyl (C=O) groups is 1. The monoisotopic (exact) mass is 404 g/mol. The molecule has 0 heterocycles. The molecule has 0 spiro atoms. The van der Waals surface area contributed by atoms with E-state index in [2.05, 4.69) is 0 Å². The van der Waals surface area contributed by atoms with Gasteiger partial charge >= 0.3 is 0 Å². The Morgan fingerprint density at radius 2 is 1.80 bits per heavy atom. The number of para-hydroxylation sites is 2. The lowest BCUT2D eigenvalue weighted by atomic mass is 10.3. The van der Waals surface area contributed by atoms with E-state index in [1.54, 1.807) is 24.3 Å². The van der Waals surface area contributed by atoms with Crippen molar-refractivity contribution in [3.8, 4) is 11.5 Å². The quantitative estimate of drug-likeness (QED) is 0.690. The Bertz CT molecular complexity index is 874. The highest BCUT2D eigenvalue weighted by atomic mass is 35.5. The molecule has 134 valence electrons. The molecule has 0 aromatic heterocycles. The van der Waals surface area contributed by atoms with E-state index in [0.29, 0.717) is 11.5 Å². The van der Waals surface area contributed by atoms with Crippen molar-refractivity contribution in [3.63, 3.8) is 0 Å². The van der Waals surface area contributed by atoms with Gasteiger partial charge in [0.2, 0.25) is 0 Å². The molecule has 2 aromatic carbocycles. The Morgan fingerprint density at radius 3 is 2.48 bits per heavy atom. The molecule has 0 aliphatic rings. The topological polar surface area (TPSA) is 93.7 Å². The van der Waals surface area contributed by atoms with Crippen molar-refractivity contribution in [1.29, 1.82) is 0 Å². The second kappa shape index (κ2) is 8.39. The van der Waals surface area contributed by atoms with E-state index in [-0.39, 0.29) is 14.9 Å². The fraction of sp³-hybridized carbons (Fsp3) is 0.133. The van der Waals surface area contributed by atoms with Gasteiger partial charge in [0, 0.05) is 5.02 Å². The molecule has 0 radical (unpaired) electrons. The molecule has 0 fully saturated rings.